The molecule has 2 aliphatic heterocycles. The van der Waals surface area contributed by atoms with Crippen molar-refractivity contribution in [3.05, 3.63) is 22.4 Å². The van der Waals surface area contributed by atoms with E-state index in [0.29, 0.717) is 18.9 Å². The highest BCUT2D eigenvalue weighted by atomic mass is 32.1. The Labute approximate surface area is 141 Å². The number of nitrogens with one attached hydrogen (secondary N) is 1. The highest BCUT2D eigenvalue weighted by molar-refractivity contribution is 7.09. The smallest absolute Gasteiger partial charge is 0.237 e. The lowest BCUT2D eigenvalue weighted by Crippen LogP contribution is -2.56. The summed E-state index contributed by atoms with van der Waals surface area (Å²) in [5.41, 5.74) is 0. The minimum absolute atomic E-state index is 0.00784. The van der Waals surface area contributed by atoms with E-state index in [1.807, 2.05) is 11.0 Å². The predicted octanol–water partition coefficient (Wildman–Crippen LogP) is 1.70. The van der Waals surface area contributed by atoms with Crippen molar-refractivity contribution in [3.63, 3.8) is 0 Å². The maximum absolute atomic E-state index is 12.6. The molecule has 2 amide bonds. The highest BCUT2D eigenvalue weighted by Crippen LogP contribution is 2.20. The van der Waals surface area contributed by atoms with Gasteiger partial charge in [0, 0.05) is 37.6 Å². The number of carbonyl (C=O) groups is 2. The van der Waals surface area contributed by atoms with Gasteiger partial charge < -0.3 is 10.2 Å². The Hall–Kier alpha value is -1.40. The van der Waals surface area contributed by atoms with E-state index < -0.39 is 0 Å². The summed E-state index contributed by atoms with van der Waals surface area (Å²) in [6.45, 7) is 6.12. The molecule has 2 fully saturated rings. The molecule has 1 N–H and O–H groups in total. The Kier molecular flexibility index (Phi) is 5.33. The van der Waals surface area contributed by atoms with Gasteiger partial charge in [-0.25, -0.2) is 0 Å². The molecular formula is C17H25N3O2S. The van der Waals surface area contributed by atoms with Crippen LogP contribution in [-0.2, 0) is 16.1 Å². The summed E-state index contributed by atoms with van der Waals surface area (Å²) in [7, 11) is 0. The van der Waals surface area contributed by atoms with Gasteiger partial charge in [0.05, 0.1) is 12.5 Å². The van der Waals surface area contributed by atoms with Crippen LogP contribution >= 0.6 is 11.3 Å². The van der Waals surface area contributed by atoms with Gasteiger partial charge in [-0.2, -0.15) is 0 Å². The van der Waals surface area contributed by atoms with Crippen LogP contribution in [0.1, 0.15) is 31.1 Å². The minimum Gasteiger partial charge on any atom is -0.353 e. The van der Waals surface area contributed by atoms with Gasteiger partial charge in [-0.1, -0.05) is 13.0 Å². The Morgan fingerprint density at radius 2 is 2.13 bits per heavy atom. The Morgan fingerprint density at radius 3 is 2.83 bits per heavy atom. The first-order valence-electron chi connectivity index (χ1n) is 8.45. The first-order chi connectivity index (χ1) is 11.1. The van der Waals surface area contributed by atoms with Crippen molar-refractivity contribution in [1.29, 1.82) is 0 Å². The fraction of sp³-hybridized carbons (Fsp3) is 0.647. The molecule has 5 nitrogen and oxygen atoms in total. The molecule has 2 aliphatic rings. The predicted molar refractivity (Wildman–Crippen MR) is 91.1 cm³/mol. The Morgan fingerprint density at radius 1 is 1.35 bits per heavy atom. The van der Waals surface area contributed by atoms with Gasteiger partial charge in [0.2, 0.25) is 11.8 Å². The second kappa shape index (κ2) is 7.45. The van der Waals surface area contributed by atoms with Crippen LogP contribution in [-0.4, -0.2) is 53.8 Å². The van der Waals surface area contributed by atoms with Crippen molar-refractivity contribution in [1.82, 2.24) is 15.1 Å². The largest absolute Gasteiger partial charge is 0.353 e. The zero-order valence-corrected chi connectivity index (χ0v) is 14.5. The first kappa shape index (κ1) is 16.5. The number of amides is 2. The monoisotopic (exact) mass is 335 g/mol. The number of likely N-dealkylation sites (tertiary alicyclic amines) is 1. The molecule has 0 radical (unpaired) electrons. The van der Waals surface area contributed by atoms with Crippen LogP contribution < -0.4 is 5.32 Å². The van der Waals surface area contributed by atoms with Gasteiger partial charge >= 0.3 is 0 Å². The van der Waals surface area contributed by atoms with Gasteiger partial charge in [0.15, 0.2) is 0 Å². The number of hydrogen-bond donors (Lipinski definition) is 1. The number of rotatable bonds is 4. The number of thiophene rings is 1. The number of hydrogen-bond acceptors (Lipinski definition) is 4. The van der Waals surface area contributed by atoms with Gasteiger partial charge in [-0.3, -0.25) is 14.5 Å². The minimum atomic E-state index is -0.335. The van der Waals surface area contributed by atoms with Crippen LogP contribution in [0, 0.1) is 5.92 Å². The molecule has 126 valence electrons. The van der Waals surface area contributed by atoms with Crippen LogP contribution in [0.3, 0.4) is 0 Å². The van der Waals surface area contributed by atoms with Crippen LogP contribution in [0.25, 0.3) is 0 Å². The van der Waals surface area contributed by atoms with Crippen LogP contribution in [0.2, 0.25) is 0 Å². The Balaban J connectivity index is 1.62. The van der Waals surface area contributed by atoms with Crippen molar-refractivity contribution in [2.24, 2.45) is 5.92 Å². The molecule has 1 atom stereocenters. The molecule has 23 heavy (non-hydrogen) atoms. The molecule has 3 rings (SSSR count). The van der Waals surface area contributed by atoms with Gasteiger partial charge in [0.1, 0.15) is 0 Å². The first-order valence-corrected chi connectivity index (χ1v) is 9.33. The second-order valence-corrected chi connectivity index (χ2v) is 7.66. The Bertz CT molecular complexity index is 538. The van der Waals surface area contributed by atoms with Crippen LogP contribution in [0.5, 0.6) is 0 Å². The average molecular weight is 335 g/mol. The molecule has 6 heteroatoms. The van der Waals surface area contributed by atoms with Crippen molar-refractivity contribution >= 4 is 23.2 Å². The lowest BCUT2D eigenvalue weighted by Gasteiger charge is -2.36. The van der Waals surface area contributed by atoms with Crippen LogP contribution in [0.4, 0.5) is 0 Å². The van der Waals surface area contributed by atoms with E-state index in [1.54, 1.807) is 11.3 Å². The molecule has 1 aromatic rings. The number of carbonyl (C=O) groups excluding carboxylic acids is 2. The van der Waals surface area contributed by atoms with E-state index in [9.17, 15) is 9.59 Å². The fourth-order valence-electron chi connectivity index (χ4n) is 3.33. The summed E-state index contributed by atoms with van der Waals surface area (Å²) in [4.78, 5) is 30.2. The molecule has 0 aliphatic carbocycles. The normalized spacial score (nSPS) is 23.8. The second-order valence-electron chi connectivity index (χ2n) is 6.62. The molecular weight excluding hydrogens is 310 g/mol. The quantitative estimate of drug-likeness (QED) is 0.911. The molecule has 0 saturated carbocycles. The summed E-state index contributed by atoms with van der Waals surface area (Å²) in [6.07, 6.45) is 2.44. The molecule has 0 spiro atoms. The van der Waals surface area contributed by atoms with Crippen molar-refractivity contribution in [2.45, 2.75) is 38.8 Å². The number of nitrogens with zero attached hydrogens (tertiary/aromatic N) is 2. The van der Waals surface area contributed by atoms with Crippen molar-refractivity contribution in [3.8, 4) is 0 Å². The summed E-state index contributed by atoms with van der Waals surface area (Å²) in [5.74, 6) is 0.814. The third-order valence-corrected chi connectivity index (χ3v) is 5.75. The summed E-state index contributed by atoms with van der Waals surface area (Å²) < 4.78 is 0. The number of piperidine rings is 1. The highest BCUT2D eigenvalue weighted by Gasteiger charge is 2.33. The summed E-state index contributed by atoms with van der Waals surface area (Å²) >= 11 is 1.70. The van der Waals surface area contributed by atoms with Gasteiger partial charge in [-0.05, 0) is 30.2 Å². The zero-order valence-electron chi connectivity index (χ0n) is 13.7. The molecule has 3 heterocycles. The van der Waals surface area contributed by atoms with E-state index in [-0.39, 0.29) is 17.9 Å². The van der Waals surface area contributed by atoms with E-state index in [2.05, 4.69) is 28.6 Å². The molecule has 1 aromatic heterocycles. The van der Waals surface area contributed by atoms with E-state index in [4.69, 9.17) is 0 Å². The summed E-state index contributed by atoms with van der Waals surface area (Å²) in [6, 6.07) is 3.78. The van der Waals surface area contributed by atoms with Gasteiger partial charge in [0.25, 0.3) is 0 Å². The van der Waals surface area contributed by atoms with Gasteiger partial charge in [-0.15, -0.1) is 11.3 Å². The summed E-state index contributed by atoms with van der Waals surface area (Å²) in [5, 5.41) is 4.96. The third kappa shape index (κ3) is 4.12. The lowest BCUT2D eigenvalue weighted by atomic mass is 9.98. The maximum Gasteiger partial charge on any atom is 0.237 e. The van der Waals surface area contributed by atoms with Crippen LogP contribution in [0.15, 0.2) is 17.5 Å². The van der Waals surface area contributed by atoms with E-state index in [0.717, 1.165) is 39.0 Å². The molecule has 2 saturated heterocycles. The maximum atomic E-state index is 12.6. The SMILES string of the molecule is CC1CCN(C(=O)CC2C(=O)NCCN2Cc2cccs2)CC1. The lowest BCUT2D eigenvalue weighted by molar-refractivity contribution is -0.139. The molecule has 0 aromatic carbocycles. The van der Waals surface area contributed by atoms with E-state index >= 15 is 0 Å². The van der Waals surface area contributed by atoms with E-state index in [1.165, 1.54) is 4.88 Å². The van der Waals surface area contributed by atoms with Crippen molar-refractivity contribution < 1.29 is 9.59 Å². The number of piperazine rings is 1. The third-order valence-electron chi connectivity index (χ3n) is 4.89. The molecule has 0 bridgehead atoms. The standard InChI is InChI=1S/C17H25N3O2S/c1-13-4-7-19(8-5-13)16(21)11-15-17(22)18-6-9-20(15)12-14-3-2-10-23-14/h2-3,10,13,15H,4-9,11-12H2,1H3,(H,18,22). The zero-order chi connectivity index (χ0) is 16.2. The molecule has 1 unspecified atom stereocenters. The topological polar surface area (TPSA) is 52.7 Å². The van der Waals surface area contributed by atoms with Crippen molar-refractivity contribution in [2.75, 3.05) is 26.2 Å². The average Bonchev–Trinajstić information content (AvgIpc) is 3.04. The fourth-order valence-corrected chi connectivity index (χ4v) is 4.06.